The molecule has 1 saturated heterocycles. The third-order valence-electron chi connectivity index (χ3n) is 3.64. The molecule has 1 fully saturated rings. The highest BCUT2D eigenvalue weighted by Gasteiger charge is 2.21. The summed E-state index contributed by atoms with van der Waals surface area (Å²) < 4.78 is 0. The standard InChI is InChI=1S/C13H19N3O3S/c1-2-9-3-5-16(6-4-9)13(19)14-7-11-15-10(8-20-11)12(17)18/h8-9H,2-7H2,1H3,(H,14,19)(H,17,18). The van der Waals surface area contributed by atoms with Gasteiger partial charge < -0.3 is 15.3 Å². The number of urea groups is 1. The Hall–Kier alpha value is -1.63. The molecule has 2 amide bonds. The number of nitrogens with one attached hydrogen (secondary N) is 1. The van der Waals surface area contributed by atoms with Crippen LogP contribution in [0.4, 0.5) is 4.79 Å². The van der Waals surface area contributed by atoms with Gasteiger partial charge in [-0.3, -0.25) is 0 Å². The fraction of sp³-hybridized carbons (Fsp3) is 0.615. The minimum Gasteiger partial charge on any atom is -0.476 e. The second-order valence-corrected chi connectivity index (χ2v) is 5.87. The van der Waals surface area contributed by atoms with Gasteiger partial charge in [-0.1, -0.05) is 13.3 Å². The monoisotopic (exact) mass is 297 g/mol. The Balaban J connectivity index is 1.78. The normalized spacial score (nSPS) is 16.1. The highest BCUT2D eigenvalue weighted by atomic mass is 32.1. The van der Waals surface area contributed by atoms with Crippen LogP contribution in [-0.4, -0.2) is 40.1 Å². The third-order valence-corrected chi connectivity index (χ3v) is 4.49. The van der Waals surface area contributed by atoms with Gasteiger partial charge in [0.05, 0.1) is 6.54 Å². The van der Waals surface area contributed by atoms with Gasteiger partial charge in [-0.25, -0.2) is 14.6 Å². The van der Waals surface area contributed by atoms with Crippen LogP contribution >= 0.6 is 11.3 Å². The molecular weight excluding hydrogens is 278 g/mol. The van der Waals surface area contributed by atoms with Gasteiger partial charge in [-0.05, 0) is 18.8 Å². The summed E-state index contributed by atoms with van der Waals surface area (Å²) >= 11 is 1.25. The van der Waals surface area contributed by atoms with Gasteiger partial charge in [0, 0.05) is 18.5 Å². The largest absolute Gasteiger partial charge is 0.476 e. The molecule has 2 N–H and O–H groups in total. The number of aromatic nitrogens is 1. The second-order valence-electron chi connectivity index (χ2n) is 4.93. The SMILES string of the molecule is CCC1CCN(C(=O)NCc2nc(C(=O)O)cs2)CC1. The molecule has 0 radical (unpaired) electrons. The molecule has 0 spiro atoms. The number of piperidine rings is 1. The van der Waals surface area contributed by atoms with E-state index in [1.807, 2.05) is 4.90 Å². The number of hydrogen-bond donors (Lipinski definition) is 2. The number of carbonyl (C=O) groups excluding carboxylic acids is 1. The Kier molecular flexibility index (Phi) is 4.94. The average molecular weight is 297 g/mol. The molecule has 0 saturated carbocycles. The maximum atomic E-state index is 12.0. The van der Waals surface area contributed by atoms with Crippen LogP contribution in [0, 0.1) is 5.92 Å². The predicted molar refractivity (Wildman–Crippen MR) is 75.9 cm³/mol. The maximum Gasteiger partial charge on any atom is 0.355 e. The highest BCUT2D eigenvalue weighted by molar-refractivity contribution is 7.09. The Morgan fingerprint density at radius 3 is 2.75 bits per heavy atom. The molecule has 2 heterocycles. The van der Waals surface area contributed by atoms with Crippen LogP contribution < -0.4 is 5.32 Å². The third kappa shape index (κ3) is 3.69. The molecule has 20 heavy (non-hydrogen) atoms. The molecule has 110 valence electrons. The Morgan fingerprint density at radius 2 is 2.20 bits per heavy atom. The van der Waals surface area contributed by atoms with E-state index in [-0.39, 0.29) is 18.3 Å². The van der Waals surface area contributed by atoms with Crippen molar-refractivity contribution in [1.82, 2.24) is 15.2 Å². The summed E-state index contributed by atoms with van der Waals surface area (Å²) in [5.74, 6) is -0.309. The molecule has 6 nitrogen and oxygen atoms in total. The van der Waals surface area contributed by atoms with Gasteiger partial charge in [-0.15, -0.1) is 11.3 Å². The van der Waals surface area contributed by atoms with Gasteiger partial charge in [0.25, 0.3) is 0 Å². The van der Waals surface area contributed by atoms with Crippen LogP contribution in [0.25, 0.3) is 0 Å². The zero-order chi connectivity index (χ0) is 14.5. The van der Waals surface area contributed by atoms with E-state index in [9.17, 15) is 9.59 Å². The zero-order valence-electron chi connectivity index (χ0n) is 11.5. The minimum absolute atomic E-state index is 0.0306. The van der Waals surface area contributed by atoms with E-state index < -0.39 is 5.97 Å². The van der Waals surface area contributed by atoms with Crippen LogP contribution in [0.5, 0.6) is 0 Å². The molecule has 0 atom stereocenters. The Morgan fingerprint density at radius 1 is 1.50 bits per heavy atom. The molecular formula is C13H19N3O3S. The summed E-state index contributed by atoms with van der Waals surface area (Å²) in [7, 11) is 0. The van der Waals surface area contributed by atoms with Crippen molar-refractivity contribution in [1.29, 1.82) is 0 Å². The van der Waals surface area contributed by atoms with Crippen molar-refractivity contribution < 1.29 is 14.7 Å². The van der Waals surface area contributed by atoms with Crippen molar-refractivity contribution in [2.24, 2.45) is 5.92 Å². The summed E-state index contributed by atoms with van der Waals surface area (Å²) in [4.78, 5) is 28.4. The van der Waals surface area contributed by atoms with Crippen LogP contribution in [0.3, 0.4) is 0 Å². The van der Waals surface area contributed by atoms with E-state index in [2.05, 4.69) is 17.2 Å². The van der Waals surface area contributed by atoms with E-state index in [0.717, 1.165) is 31.8 Å². The van der Waals surface area contributed by atoms with Crippen molar-refractivity contribution in [3.63, 3.8) is 0 Å². The second kappa shape index (κ2) is 6.69. The molecule has 1 aliphatic rings. The number of carboxylic acid groups (broad SMARTS) is 1. The number of carbonyl (C=O) groups is 2. The number of rotatable bonds is 4. The van der Waals surface area contributed by atoms with Crippen LogP contribution in [0.1, 0.15) is 41.7 Å². The van der Waals surface area contributed by atoms with Crippen molar-refractivity contribution in [2.75, 3.05) is 13.1 Å². The molecule has 1 aromatic rings. The fourth-order valence-corrected chi connectivity index (χ4v) is 3.01. The van der Waals surface area contributed by atoms with Crippen LogP contribution in [-0.2, 0) is 6.54 Å². The lowest BCUT2D eigenvalue weighted by molar-refractivity contribution is 0.0691. The smallest absolute Gasteiger partial charge is 0.355 e. The first-order valence-electron chi connectivity index (χ1n) is 6.80. The maximum absolute atomic E-state index is 12.0. The van der Waals surface area contributed by atoms with Gasteiger partial charge >= 0.3 is 12.0 Å². The number of likely N-dealkylation sites (tertiary alicyclic amines) is 1. The topological polar surface area (TPSA) is 82.5 Å². The minimum atomic E-state index is -1.04. The van der Waals surface area contributed by atoms with Gasteiger partial charge in [0.15, 0.2) is 5.69 Å². The first-order valence-corrected chi connectivity index (χ1v) is 7.68. The summed E-state index contributed by atoms with van der Waals surface area (Å²) in [6.45, 7) is 4.05. The number of nitrogens with zero attached hydrogens (tertiary/aromatic N) is 2. The molecule has 7 heteroatoms. The van der Waals surface area contributed by atoms with Crippen molar-refractivity contribution in [2.45, 2.75) is 32.7 Å². The highest BCUT2D eigenvalue weighted by Crippen LogP contribution is 2.19. The number of thiazole rings is 1. The van der Waals surface area contributed by atoms with Crippen molar-refractivity contribution >= 4 is 23.3 Å². The Bertz CT molecular complexity index is 481. The first-order chi connectivity index (χ1) is 9.60. The van der Waals surface area contributed by atoms with Crippen LogP contribution in [0.15, 0.2) is 5.38 Å². The molecule has 0 bridgehead atoms. The summed E-state index contributed by atoms with van der Waals surface area (Å²) in [5.41, 5.74) is 0.0306. The number of amides is 2. The lowest BCUT2D eigenvalue weighted by atomic mass is 9.95. The lowest BCUT2D eigenvalue weighted by Crippen LogP contribution is -2.44. The Labute approximate surface area is 121 Å². The number of hydrogen-bond acceptors (Lipinski definition) is 4. The average Bonchev–Trinajstić information content (AvgIpc) is 2.94. The summed E-state index contributed by atoms with van der Waals surface area (Å²) in [5, 5.41) is 13.7. The van der Waals surface area contributed by atoms with E-state index in [1.54, 1.807) is 0 Å². The van der Waals surface area contributed by atoms with E-state index in [4.69, 9.17) is 5.11 Å². The van der Waals surface area contributed by atoms with E-state index in [0.29, 0.717) is 5.01 Å². The quantitative estimate of drug-likeness (QED) is 0.892. The van der Waals surface area contributed by atoms with Gasteiger partial charge in [0.1, 0.15) is 5.01 Å². The molecule has 0 unspecified atom stereocenters. The molecule has 1 aliphatic heterocycles. The zero-order valence-corrected chi connectivity index (χ0v) is 12.3. The number of aromatic carboxylic acids is 1. The fourth-order valence-electron chi connectivity index (χ4n) is 2.30. The van der Waals surface area contributed by atoms with Crippen LogP contribution in [0.2, 0.25) is 0 Å². The summed E-state index contributed by atoms with van der Waals surface area (Å²) in [6.07, 6.45) is 3.29. The van der Waals surface area contributed by atoms with E-state index in [1.165, 1.54) is 23.1 Å². The van der Waals surface area contributed by atoms with E-state index >= 15 is 0 Å². The molecule has 0 aromatic carbocycles. The van der Waals surface area contributed by atoms with Crippen molar-refractivity contribution in [3.05, 3.63) is 16.1 Å². The van der Waals surface area contributed by atoms with Gasteiger partial charge in [-0.2, -0.15) is 0 Å². The molecule has 1 aromatic heterocycles. The predicted octanol–water partition coefficient (Wildman–Crippen LogP) is 2.17. The molecule has 2 rings (SSSR count). The van der Waals surface area contributed by atoms with Gasteiger partial charge in [0.2, 0.25) is 0 Å². The summed E-state index contributed by atoms with van der Waals surface area (Å²) in [6, 6.07) is -0.0911. The lowest BCUT2D eigenvalue weighted by Gasteiger charge is -2.31. The first kappa shape index (κ1) is 14.8. The number of carboxylic acids is 1. The molecule has 0 aliphatic carbocycles. The van der Waals surface area contributed by atoms with Crippen molar-refractivity contribution in [3.8, 4) is 0 Å².